The van der Waals surface area contributed by atoms with E-state index in [-0.39, 0.29) is 11.9 Å². The third-order valence-electron chi connectivity index (χ3n) is 4.22. The number of carbonyl (C=O) groups excluding carboxylic acids is 1. The lowest BCUT2D eigenvalue weighted by atomic mass is 10.1. The van der Waals surface area contributed by atoms with Crippen molar-refractivity contribution in [1.29, 1.82) is 0 Å². The Balaban J connectivity index is 1.66. The Kier molecular flexibility index (Phi) is 3.11. The van der Waals surface area contributed by atoms with E-state index in [1.54, 1.807) is 12.4 Å². The Hall–Kier alpha value is -2.69. The molecule has 3 aromatic rings. The summed E-state index contributed by atoms with van der Waals surface area (Å²) in [5.41, 5.74) is 2.65. The normalized spacial score (nSPS) is 18.0. The number of aromatic nitrogens is 3. The van der Waals surface area contributed by atoms with Crippen LogP contribution in [-0.4, -0.2) is 31.7 Å². The van der Waals surface area contributed by atoms with Crippen LogP contribution in [0.4, 0.5) is 0 Å². The van der Waals surface area contributed by atoms with Crippen molar-refractivity contribution in [3.05, 3.63) is 66.4 Å². The number of rotatable bonds is 2. The maximum absolute atomic E-state index is 12.9. The number of imidazole rings is 1. The Bertz CT molecular complexity index is 812. The van der Waals surface area contributed by atoms with E-state index in [4.69, 9.17) is 0 Å². The summed E-state index contributed by atoms with van der Waals surface area (Å²) in [6.07, 6.45) is 11.1. The first-order valence-electron chi connectivity index (χ1n) is 7.46. The molecule has 5 heteroatoms. The van der Waals surface area contributed by atoms with Crippen LogP contribution >= 0.6 is 0 Å². The highest BCUT2D eigenvalue weighted by atomic mass is 16.2. The van der Waals surface area contributed by atoms with Crippen LogP contribution in [-0.2, 0) is 0 Å². The predicted octanol–water partition coefficient (Wildman–Crippen LogP) is 2.71. The third kappa shape index (κ3) is 2.15. The van der Waals surface area contributed by atoms with Crippen LogP contribution in [0.5, 0.6) is 0 Å². The topological polar surface area (TPSA) is 50.5 Å². The molecule has 3 aromatic heterocycles. The van der Waals surface area contributed by atoms with Crippen LogP contribution in [0.2, 0.25) is 0 Å². The van der Waals surface area contributed by atoms with Gasteiger partial charge in [-0.1, -0.05) is 6.07 Å². The van der Waals surface area contributed by atoms with Crippen LogP contribution in [0, 0.1) is 0 Å². The van der Waals surface area contributed by atoms with Gasteiger partial charge in [-0.05, 0) is 36.6 Å². The lowest BCUT2D eigenvalue weighted by Gasteiger charge is -2.25. The molecule has 4 rings (SSSR count). The molecule has 0 spiro atoms. The molecule has 0 saturated carbocycles. The van der Waals surface area contributed by atoms with E-state index >= 15 is 0 Å². The standard InChI is InChI=1S/C17H16N4O/c22-17(14-5-6-16-19-8-10-20(16)12-14)21-9-2-4-15(21)13-3-1-7-18-11-13/h1,3,5-8,10-12,15H,2,4,9H2. The first-order chi connectivity index (χ1) is 10.8. The summed E-state index contributed by atoms with van der Waals surface area (Å²) in [4.78, 5) is 23.2. The fraction of sp³-hybridized carbons (Fsp3) is 0.235. The molecule has 1 unspecified atom stereocenters. The summed E-state index contributed by atoms with van der Waals surface area (Å²) in [5, 5.41) is 0. The van der Waals surface area contributed by atoms with E-state index in [1.165, 1.54) is 0 Å². The number of hydrogen-bond donors (Lipinski definition) is 0. The van der Waals surface area contributed by atoms with Crippen LogP contribution in [0.15, 0.2) is 55.2 Å². The maximum Gasteiger partial charge on any atom is 0.255 e. The summed E-state index contributed by atoms with van der Waals surface area (Å²) >= 11 is 0. The van der Waals surface area contributed by atoms with Crippen molar-refractivity contribution >= 4 is 11.6 Å². The summed E-state index contributed by atoms with van der Waals surface area (Å²) in [5.74, 6) is 0.0713. The van der Waals surface area contributed by atoms with E-state index in [0.717, 1.165) is 30.6 Å². The fourth-order valence-corrected chi connectivity index (χ4v) is 3.14. The minimum atomic E-state index is 0.0713. The van der Waals surface area contributed by atoms with Gasteiger partial charge in [0.05, 0.1) is 11.6 Å². The van der Waals surface area contributed by atoms with Crippen molar-refractivity contribution in [2.75, 3.05) is 6.54 Å². The zero-order chi connectivity index (χ0) is 14.9. The third-order valence-corrected chi connectivity index (χ3v) is 4.22. The van der Waals surface area contributed by atoms with Gasteiger partial charge >= 0.3 is 0 Å². The van der Waals surface area contributed by atoms with Crippen molar-refractivity contribution in [3.8, 4) is 0 Å². The average molecular weight is 292 g/mol. The molecule has 0 radical (unpaired) electrons. The minimum absolute atomic E-state index is 0.0713. The number of carbonyl (C=O) groups is 1. The molecule has 22 heavy (non-hydrogen) atoms. The number of likely N-dealkylation sites (tertiary alicyclic amines) is 1. The molecular formula is C17H16N4O. The molecule has 1 aliphatic rings. The van der Waals surface area contributed by atoms with Crippen molar-refractivity contribution < 1.29 is 4.79 Å². The van der Waals surface area contributed by atoms with Gasteiger partial charge in [-0.15, -0.1) is 0 Å². The Morgan fingerprint density at radius 1 is 1.23 bits per heavy atom. The fourth-order valence-electron chi connectivity index (χ4n) is 3.14. The zero-order valence-electron chi connectivity index (χ0n) is 12.1. The SMILES string of the molecule is O=C(c1ccc2nccn2c1)N1CCCC1c1cccnc1. The van der Waals surface area contributed by atoms with Gasteiger partial charge in [-0.3, -0.25) is 9.78 Å². The highest BCUT2D eigenvalue weighted by Crippen LogP contribution is 2.32. The van der Waals surface area contributed by atoms with Crippen LogP contribution in [0.25, 0.3) is 5.65 Å². The highest BCUT2D eigenvalue weighted by molar-refractivity contribution is 5.94. The van der Waals surface area contributed by atoms with Crippen molar-refractivity contribution in [1.82, 2.24) is 19.3 Å². The van der Waals surface area contributed by atoms with Crippen molar-refractivity contribution in [3.63, 3.8) is 0 Å². The summed E-state index contributed by atoms with van der Waals surface area (Å²) in [6, 6.07) is 7.82. The maximum atomic E-state index is 12.9. The van der Waals surface area contributed by atoms with E-state index < -0.39 is 0 Å². The first-order valence-corrected chi connectivity index (χ1v) is 7.46. The molecule has 0 aromatic carbocycles. The van der Waals surface area contributed by atoms with Gasteiger partial charge in [-0.25, -0.2) is 4.98 Å². The molecule has 1 atom stereocenters. The quantitative estimate of drug-likeness (QED) is 0.729. The van der Waals surface area contributed by atoms with Crippen LogP contribution in [0.1, 0.15) is 34.8 Å². The molecule has 0 bridgehead atoms. The monoisotopic (exact) mass is 292 g/mol. The van der Waals surface area contributed by atoms with E-state index in [0.29, 0.717) is 5.56 Å². The largest absolute Gasteiger partial charge is 0.332 e. The van der Waals surface area contributed by atoms with E-state index in [1.807, 2.05) is 52.2 Å². The van der Waals surface area contributed by atoms with Gasteiger partial charge in [0.15, 0.2) is 0 Å². The summed E-state index contributed by atoms with van der Waals surface area (Å²) < 4.78 is 1.88. The summed E-state index contributed by atoms with van der Waals surface area (Å²) in [7, 11) is 0. The Morgan fingerprint density at radius 2 is 2.18 bits per heavy atom. The highest BCUT2D eigenvalue weighted by Gasteiger charge is 2.30. The second-order valence-corrected chi connectivity index (χ2v) is 5.55. The van der Waals surface area contributed by atoms with Crippen molar-refractivity contribution in [2.24, 2.45) is 0 Å². The number of amides is 1. The molecule has 0 N–H and O–H groups in total. The van der Waals surface area contributed by atoms with Gasteiger partial charge in [0.1, 0.15) is 5.65 Å². The molecule has 1 amide bonds. The lowest BCUT2D eigenvalue weighted by Crippen LogP contribution is -2.30. The van der Waals surface area contributed by atoms with Gasteiger partial charge in [0, 0.05) is 37.5 Å². The zero-order valence-corrected chi connectivity index (χ0v) is 12.1. The van der Waals surface area contributed by atoms with E-state index in [2.05, 4.69) is 9.97 Å². The van der Waals surface area contributed by atoms with Gasteiger partial charge in [0.25, 0.3) is 5.91 Å². The number of nitrogens with zero attached hydrogens (tertiary/aromatic N) is 4. The summed E-state index contributed by atoms with van der Waals surface area (Å²) in [6.45, 7) is 0.792. The second kappa shape index (κ2) is 5.26. The second-order valence-electron chi connectivity index (χ2n) is 5.55. The van der Waals surface area contributed by atoms with Crippen LogP contribution in [0.3, 0.4) is 0 Å². The predicted molar refractivity (Wildman–Crippen MR) is 82.4 cm³/mol. The minimum Gasteiger partial charge on any atom is -0.332 e. The molecule has 1 aliphatic heterocycles. The van der Waals surface area contributed by atoms with Crippen molar-refractivity contribution in [2.45, 2.75) is 18.9 Å². The molecule has 4 heterocycles. The van der Waals surface area contributed by atoms with E-state index in [9.17, 15) is 4.79 Å². The van der Waals surface area contributed by atoms with Crippen LogP contribution < -0.4 is 0 Å². The van der Waals surface area contributed by atoms with Gasteiger partial charge in [0.2, 0.25) is 0 Å². The average Bonchev–Trinajstić information content (AvgIpc) is 3.23. The number of fused-ring (bicyclic) bond motifs is 1. The molecule has 1 saturated heterocycles. The molecule has 110 valence electrons. The molecule has 1 fully saturated rings. The number of hydrogen-bond acceptors (Lipinski definition) is 3. The first kappa shape index (κ1) is 13.0. The Morgan fingerprint density at radius 3 is 3.05 bits per heavy atom. The smallest absolute Gasteiger partial charge is 0.255 e. The van der Waals surface area contributed by atoms with Gasteiger partial charge < -0.3 is 9.30 Å². The lowest BCUT2D eigenvalue weighted by molar-refractivity contribution is 0.0735. The molecule has 5 nitrogen and oxygen atoms in total. The molecule has 0 aliphatic carbocycles. The van der Waals surface area contributed by atoms with Gasteiger partial charge in [-0.2, -0.15) is 0 Å². The Labute approximate surface area is 128 Å². The molecular weight excluding hydrogens is 276 g/mol. The number of pyridine rings is 2.